The number of carbonyl (C=O) groups is 1. The molecule has 3 nitrogen and oxygen atoms in total. The van der Waals surface area contributed by atoms with Gasteiger partial charge in [-0.1, -0.05) is 12.1 Å². The van der Waals surface area contributed by atoms with Gasteiger partial charge in [0.15, 0.2) is 0 Å². The Bertz CT molecular complexity index is 324. The van der Waals surface area contributed by atoms with Crippen molar-refractivity contribution in [3.05, 3.63) is 29.8 Å². The normalized spacial score (nSPS) is 10.1. The Morgan fingerprint density at radius 1 is 1.38 bits per heavy atom. The molecule has 0 aromatic heterocycles. The van der Waals surface area contributed by atoms with Gasteiger partial charge in [0, 0.05) is 17.9 Å². The van der Waals surface area contributed by atoms with Crippen LogP contribution in [-0.2, 0) is 11.3 Å². The summed E-state index contributed by atoms with van der Waals surface area (Å²) in [6, 6.07) is 8.20. The van der Waals surface area contributed by atoms with Crippen molar-refractivity contribution in [1.29, 1.82) is 0 Å². The van der Waals surface area contributed by atoms with Crippen LogP contribution in [0, 0.1) is 0 Å². The van der Waals surface area contributed by atoms with E-state index in [1.54, 1.807) is 11.8 Å². The second-order valence-corrected chi connectivity index (χ2v) is 4.40. The van der Waals surface area contributed by atoms with Gasteiger partial charge >= 0.3 is 0 Å². The zero-order valence-corrected chi connectivity index (χ0v) is 10.3. The minimum absolute atomic E-state index is 0.0689. The minimum atomic E-state index is 0.0689. The molecule has 0 radical (unpaired) electrons. The molecule has 0 aliphatic rings. The fraction of sp³-hybridized carbons (Fsp3) is 0.417. The molecule has 1 rings (SSSR count). The van der Waals surface area contributed by atoms with E-state index in [-0.39, 0.29) is 5.91 Å². The van der Waals surface area contributed by atoms with Crippen molar-refractivity contribution in [2.75, 3.05) is 12.8 Å². The Morgan fingerprint density at radius 3 is 2.62 bits per heavy atom. The number of nitrogens with one attached hydrogen (secondary N) is 1. The Hall–Kier alpha value is -1.00. The molecule has 0 aliphatic carbocycles. The van der Waals surface area contributed by atoms with Gasteiger partial charge in [-0.15, -0.1) is 11.8 Å². The maximum absolute atomic E-state index is 11.3. The molecular weight excluding hydrogens is 220 g/mol. The molecule has 1 aromatic carbocycles. The Kier molecular flexibility index (Phi) is 5.96. The molecular formula is C12H18N2OS. The highest BCUT2D eigenvalue weighted by Gasteiger charge is 2.00. The van der Waals surface area contributed by atoms with E-state index in [1.165, 1.54) is 4.90 Å². The maximum atomic E-state index is 11.3. The first-order chi connectivity index (χ1) is 7.76. The van der Waals surface area contributed by atoms with Gasteiger partial charge in [0.2, 0.25) is 5.91 Å². The number of hydrogen-bond donors (Lipinski definition) is 2. The summed E-state index contributed by atoms with van der Waals surface area (Å²) in [5.74, 6) is 0.0689. The predicted octanol–water partition coefficient (Wildman–Crippen LogP) is 1.76. The van der Waals surface area contributed by atoms with Crippen molar-refractivity contribution in [2.45, 2.75) is 24.3 Å². The summed E-state index contributed by atoms with van der Waals surface area (Å²) in [6.45, 7) is 1.16. The maximum Gasteiger partial charge on any atom is 0.220 e. The van der Waals surface area contributed by atoms with Crippen molar-refractivity contribution < 1.29 is 4.79 Å². The van der Waals surface area contributed by atoms with Gasteiger partial charge in [0.25, 0.3) is 0 Å². The van der Waals surface area contributed by atoms with Crippen LogP contribution >= 0.6 is 11.8 Å². The van der Waals surface area contributed by atoms with Crippen molar-refractivity contribution in [3.63, 3.8) is 0 Å². The molecule has 16 heavy (non-hydrogen) atoms. The van der Waals surface area contributed by atoms with E-state index >= 15 is 0 Å². The Labute approximate surface area is 101 Å². The van der Waals surface area contributed by atoms with Crippen LogP contribution in [0.3, 0.4) is 0 Å². The molecule has 0 aliphatic heterocycles. The van der Waals surface area contributed by atoms with E-state index < -0.39 is 0 Å². The van der Waals surface area contributed by atoms with E-state index in [1.807, 2.05) is 18.4 Å². The number of carbonyl (C=O) groups excluding carboxylic acids is 1. The first kappa shape index (κ1) is 13.1. The average Bonchev–Trinajstić information content (AvgIpc) is 2.34. The second-order valence-electron chi connectivity index (χ2n) is 3.52. The van der Waals surface area contributed by atoms with Crippen LogP contribution in [0.2, 0.25) is 0 Å². The minimum Gasteiger partial charge on any atom is -0.352 e. The smallest absolute Gasteiger partial charge is 0.220 e. The monoisotopic (exact) mass is 238 g/mol. The summed E-state index contributed by atoms with van der Waals surface area (Å²) < 4.78 is 0. The molecule has 0 saturated carbocycles. The van der Waals surface area contributed by atoms with Gasteiger partial charge in [-0.2, -0.15) is 0 Å². The average molecular weight is 238 g/mol. The lowest BCUT2D eigenvalue weighted by Gasteiger charge is -2.05. The second kappa shape index (κ2) is 7.30. The molecule has 4 heteroatoms. The fourth-order valence-electron chi connectivity index (χ4n) is 1.30. The summed E-state index contributed by atoms with van der Waals surface area (Å²) >= 11 is 1.71. The number of thioether (sulfide) groups is 1. The lowest BCUT2D eigenvalue weighted by atomic mass is 10.2. The van der Waals surface area contributed by atoms with Crippen LogP contribution in [0.15, 0.2) is 29.2 Å². The molecule has 1 amide bonds. The summed E-state index contributed by atoms with van der Waals surface area (Å²) in [7, 11) is 0. The number of rotatable bonds is 6. The third kappa shape index (κ3) is 4.68. The molecule has 0 atom stereocenters. The molecule has 88 valence electrons. The zero-order valence-electron chi connectivity index (χ0n) is 9.53. The summed E-state index contributed by atoms with van der Waals surface area (Å²) in [5.41, 5.74) is 6.46. The molecule has 0 spiro atoms. The van der Waals surface area contributed by atoms with Crippen LogP contribution in [0.25, 0.3) is 0 Å². The van der Waals surface area contributed by atoms with Crippen LogP contribution in [-0.4, -0.2) is 18.7 Å². The molecule has 0 heterocycles. The standard InChI is InChI=1S/C12H18N2OS/c1-16-11-6-4-10(5-7-11)9-14-12(15)3-2-8-13/h4-7H,2-3,8-9,13H2,1H3,(H,14,15). The third-order valence-electron chi connectivity index (χ3n) is 2.26. The quantitative estimate of drug-likeness (QED) is 0.743. The Morgan fingerprint density at radius 2 is 2.06 bits per heavy atom. The molecule has 0 bridgehead atoms. The highest BCUT2D eigenvalue weighted by molar-refractivity contribution is 7.98. The van der Waals surface area contributed by atoms with Gasteiger partial charge in [0.1, 0.15) is 0 Å². The number of amides is 1. The first-order valence-corrected chi connectivity index (χ1v) is 6.58. The predicted molar refractivity (Wildman–Crippen MR) is 68.4 cm³/mol. The SMILES string of the molecule is CSc1ccc(CNC(=O)CCCN)cc1. The molecule has 0 unspecified atom stereocenters. The van der Waals surface area contributed by atoms with Crippen molar-refractivity contribution in [1.82, 2.24) is 5.32 Å². The highest BCUT2D eigenvalue weighted by Crippen LogP contribution is 2.14. The van der Waals surface area contributed by atoms with Gasteiger partial charge in [-0.3, -0.25) is 4.79 Å². The molecule has 0 saturated heterocycles. The van der Waals surface area contributed by atoms with E-state index in [2.05, 4.69) is 17.4 Å². The van der Waals surface area contributed by atoms with E-state index in [0.717, 1.165) is 12.0 Å². The summed E-state index contributed by atoms with van der Waals surface area (Å²) in [5, 5.41) is 2.87. The topological polar surface area (TPSA) is 55.1 Å². The first-order valence-electron chi connectivity index (χ1n) is 5.36. The van der Waals surface area contributed by atoms with Crippen molar-refractivity contribution in [2.24, 2.45) is 5.73 Å². The number of hydrogen-bond acceptors (Lipinski definition) is 3. The highest BCUT2D eigenvalue weighted by atomic mass is 32.2. The van der Waals surface area contributed by atoms with E-state index in [9.17, 15) is 4.79 Å². The van der Waals surface area contributed by atoms with Gasteiger partial charge in [0.05, 0.1) is 0 Å². The molecule has 3 N–H and O–H groups in total. The molecule has 0 fully saturated rings. The van der Waals surface area contributed by atoms with Gasteiger partial charge in [-0.25, -0.2) is 0 Å². The number of nitrogens with two attached hydrogens (primary N) is 1. The number of benzene rings is 1. The summed E-state index contributed by atoms with van der Waals surface area (Å²) in [6.07, 6.45) is 3.31. The van der Waals surface area contributed by atoms with E-state index in [0.29, 0.717) is 19.5 Å². The zero-order chi connectivity index (χ0) is 11.8. The van der Waals surface area contributed by atoms with Crippen molar-refractivity contribution >= 4 is 17.7 Å². The lowest BCUT2D eigenvalue weighted by molar-refractivity contribution is -0.121. The largest absolute Gasteiger partial charge is 0.352 e. The lowest BCUT2D eigenvalue weighted by Crippen LogP contribution is -2.23. The van der Waals surface area contributed by atoms with E-state index in [4.69, 9.17) is 5.73 Å². The molecule has 1 aromatic rings. The summed E-state index contributed by atoms with van der Waals surface area (Å²) in [4.78, 5) is 12.6. The van der Waals surface area contributed by atoms with Crippen LogP contribution < -0.4 is 11.1 Å². The third-order valence-corrected chi connectivity index (χ3v) is 3.00. The van der Waals surface area contributed by atoms with Crippen molar-refractivity contribution in [3.8, 4) is 0 Å². The van der Waals surface area contributed by atoms with Crippen LogP contribution in [0.4, 0.5) is 0 Å². The van der Waals surface area contributed by atoms with Crippen LogP contribution in [0.1, 0.15) is 18.4 Å². The van der Waals surface area contributed by atoms with Gasteiger partial charge < -0.3 is 11.1 Å². The Balaban J connectivity index is 2.33. The fourth-order valence-corrected chi connectivity index (χ4v) is 1.70. The van der Waals surface area contributed by atoms with Crippen LogP contribution in [0.5, 0.6) is 0 Å². The van der Waals surface area contributed by atoms with Gasteiger partial charge in [-0.05, 0) is 36.9 Å².